The minimum atomic E-state index is 0.589. The van der Waals surface area contributed by atoms with Crippen molar-refractivity contribution in [1.82, 2.24) is 4.98 Å². The number of nitrogens with zero attached hydrogens (tertiary/aromatic N) is 2. The van der Waals surface area contributed by atoms with Gasteiger partial charge < -0.3 is 10.6 Å². The molecule has 3 nitrogen and oxygen atoms in total. The topological polar surface area (TPSA) is 42.1 Å². The first-order valence-corrected chi connectivity index (χ1v) is 6.12. The van der Waals surface area contributed by atoms with Gasteiger partial charge in [0.15, 0.2) is 0 Å². The van der Waals surface area contributed by atoms with Crippen molar-refractivity contribution < 1.29 is 0 Å². The van der Waals surface area contributed by atoms with Crippen molar-refractivity contribution in [2.75, 3.05) is 18.5 Å². The first-order chi connectivity index (χ1) is 7.71. The lowest BCUT2D eigenvalue weighted by Gasteiger charge is -2.19. The van der Waals surface area contributed by atoms with Gasteiger partial charge in [0.2, 0.25) is 0 Å². The molecule has 0 spiro atoms. The van der Waals surface area contributed by atoms with E-state index in [0.29, 0.717) is 6.54 Å². The third kappa shape index (κ3) is 3.49. The molecule has 0 aliphatic carbocycles. The van der Waals surface area contributed by atoms with E-state index in [1.165, 1.54) is 5.56 Å². The van der Waals surface area contributed by atoms with E-state index < -0.39 is 0 Å². The average molecular weight is 221 g/mol. The molecule has 0 aliphatic rings. The Kier molecular flexibility index (Phi) is 5.26. The molecule has 16 heavy (non-hydrogen) atoms. The lowest BCUT2D eigenvalue weighted by atomic mass is 10.1. The Morgan fingerprint density at radius 2 is 2.00 bits per heavy atom. The normalized spacial score (nSPS) is 10.5. The number of nitrogens with two attached hydrogens (primary N) is 1. The molecule has 0 unspecified atom stereocenters. The minimum Gasteiger partial charge on any atom is -0.360 e. The molecule has 1 rings (SSSR count). The number of rotatable bonds is 6. The highest BCUT2D eigenvalue weighted by atomic mass is 15.2. The molecule has 0 radical (unpaired) electrons. The van der Waals surface area contributed by atoms with E-state index >= 15 is 0 Å². The van der Waals surface area contributed by atoms with E-state index in [-0.39, 0.29) is 0 Å². The van der Waals surface area contributed by atoms with Crippen LogP contribution in [0.4, 0.5) is 5.82 Å². The number of aryl methyl sites for hydroxylation is 1. The van der Waals surface area contributed by atoms with Crippen LogP contribution in [0, 0.1) is 0 Å². The third-order valence-electron chi connectivity index (χ3n) is 2.62. The van der Waals surface area contributed by atoms with Crippen LogP contribution in [-0.4, -0.2) is 18.6 Å². The van der Waals surface area contributed by atoms with Crippen molar-refractivity contribution in [3.63, 3.8) is 0 Å². The Labute approximate surface area is 98.7 Å². The number of aromatic nitrogens is 1. The van der Waals surface area contributed by atoms with Gasteiger partial charge >= 0.3 is 0 Å². The second kappa shape index (κ2) is 6.48. The lowest BCUT2D eigenvalue weighted by molar-refractivity contribution is 0.815. The molecular weight excluding hydrogens is 198 g/mol. The van der Waals surface area contributed by atoms with Crippen LogP contribution in [-0.2, 0) is 13.0 Å². The van der Waals surface area contributed by atoms with Gasteiger partial charge in [0.05, 0.1) is 0 Å². The molecule has 0 aliphatic heterocycles. The zero-order valence-corrected chi connectivity index (χ0v) is 10.7. The van der Waals surface area contributed by atoms with Gasteiger partial charge in [-0.2, -0.15) is 0 Å². The molecule has 3 heteroatoms. The van der Waals surface area contributed by atoms with Crippen LogP contribution in [0.3, 0.4) is 0 Å². The van der Waals surface area contributed by atoms with E-state index in [9.17, 15) is 0 Å². The van der Waals surface area contributed by atoms with Crippen LogP contribution in [0.5, 0.6) is 0 Å². The van der Waals surface area contributed by atoms with Gasteiger partial charge in [-0.25, -0.2) is 4.98 Å². The second-order valence-electron chi connectivity index (χ2n) is 4.20. The zero-order chi connectivity index (χ0) is 12.0. The van der Waals surface area contributed by atoms with Gasteiger partial charge in [0.25, 0.3) is 0 Å². The van der Waals surface area contributed by atoms with Crippen molar-refractivity contribution in [3.8, 4) is 0 Å². The molecule has 0 amide bonds. The summed E-state index contributed by atoms with van der Waals surface area (Å²) < 4.78 is 0. The van der Waals surface area contributed by atoms with Gasteiger partial charge in [0, 0.05) is 25.8 Å². The first-order valence-electron chi connectivity index (χ1n) is 6.12. The van der Waals surface area contributed by atoms with E-state index in [4.69, 9.17) is 5.73 Å². The SMILES string of the molecule is CCCc1cc(CN)cc(N(C)CCC)n1. The van der Waals surface area contributed by atoms with Crippen LogP contribution in [0.1, 0.15) is 37.9 Å². The fourth-order valence-corrected chi connectivity index (χ4v) is 1.78. The van der Waals surface area contributed by atoms with Crippen molar-refractivity contribution in [1.29, 1.82) is 0 Å². The maximum atomic E-state index is 5.71. The predicted molar refractivity (Wildman–Crippen MR) is 69.7 cm³/mol. The second-order valence-corrected chi connectivity index (χ2v) is 4.20. The number of pyridine rings is 1. The fraction of sp³-hybridized carbons (Fsp3) is 0.615. The minimum absolute atomic E-state index is 0.589. The number of hydrogen-bond donors (Lipinski definition) is 1. The summed E-state index contributed by atoms with van der Waals surface area (Å²) in [5.41, 5.74) is 8.04. The van der Waals surface area contributed by atoms with Gasteiger partial charge in [-0.05, 0) is 30.5 Å². The summed E-state index contributed by atoms with van der Waals surface area (Å²) in [6.07, 6.45) is 3.28. The largest absolute Gasteiger partial charge is 0.360 e. The van der Waals surface area contributed by atoms with Gasteiger partial charge in [-0.1, -0.05) is 20.3 Å². The van der Waals surface area contributed by atoms with Crippen molar-refractivity contribution in [2.24, 2.45) is 5.73 Å². The quantitative estimate of drug-likeness (QED) is 0.801. The fourth-order valence-electron chi connectivity index (χ4n) is 1.78. The highest BCUT2D eigenvalue weighted by Gasteiger charge is 2.05. The molecule has 90 valence electrons. The van der Waals surface area contributed by atoms with E-state index in [1.807, 2.05) is 0 Å². The van der Waals surface area contributed by atoms with Crippen molar-refractivity contribution in [2.45, 2.75) is 39.7 Å². The summed E-state index contributed by atoms with van der Waals surface area (Å²) in [5, 5.41) is 0. The molecule has 1 heterocycles. The van der Waals surface area contributed by atoms with Crippen molar-refractivity contribution >= 4 is 5.82 Å². The summed E-state index contributed by atoms with van der Waals surface area (Å²) >= 11 is 0. The van der Waals surface area contributed by atoms with Crippen LogP contribution in [0.2, 0.25) is 0 Å². The average Bonchev–Trinajstić information content (AvgIpc) is 2.29. The molecule has 0 bridgehead atoms. The maximum Gasteiger partial charge on any atom is 0.128 e. The number of hydrogen-bond acceptors (Lipinski definition) is 3. The zero-order valence-electron chi connectivity index (χ0n) is 10.7. The van der Waals surface area contributed by atoms with Gasteiger partial charge in [-0.15, -0.1) is 0 Å². The van der Waals surface area contributed by atoms with Crippen LogP contribution in [0.25, 0.3) is 0 Å². The Morgan fingerprint density at radius 3 is 2.56 bits per heavy atom. The predicted octanol–water partition coefficient (Wildman–Crippen LogP) is 2.34. The molecule has 2 N–H and O–H groups in total. The summed E-state index contributed by atoms with van der Waals surface area (Å²) in [6, 6.07) is 4.21. The Morgan fingerprint density at radius 1 is 1.25 bits per heavy atom. The van der Waals surface area contributed by atoms with E-state index in [1.54, 1.807) is 0 Å². The summed E-state index contributed by atoms with van der Waals surface area (Å²) in [7, 11) is 2.09. The summed E-state index contributed by atoms with van der Waals surface area (Å²) in [6.45, 7) is 5.97. The standard InChI is InChI=1S/C13H23N3/c1-4-6-12-8-11(10-14)9-13(15-12)16(3)7-5-2/h8-9H,4-7,10,14H2,1-3H3. The van der Waals surface area contributed by atoms with Gasteiger partial charge in [0.1, 0.15) is 5.82 Å². The monoisotopic (exact) mass is 221 g/mol. The third-order valence-corrected chi connectivity index (χ3v) is 2.62. The first kappa shape index (κ1) is 13.0. The molecule has 0 fully saturated rings. The molecule has 0 saturated carbocycles. The Hall–Kier alpha value is -1.09. The van der Waals surface area contributed by atoms with Crippen LogP contribution >= 0.6 is 0 Å². The molecule has 0 aromatic carbocycles. The number of anilines is 1. The molecule has 1 aromatic rings. The smallest absolute Gasteiger partial charge is 0.128 e. The highest BCUT2D eigenvalue weighted by molar-refractivity contribution is 5.42. The van der Waals surface area contributed by atoms with Gasteiger partial charge in [-0.3, -0.25) is 0 Å². The van der Waals surface area contributed by atoms with Crippen LogP contribution in [0.15, 0.2) is 12.1 Å². The summed E-state index contributed by atoms with van der Waals surface area (Å²) in [4.78, 5) is 6.85. The molecule has 1 aromatic heterocycles. The van der Waals surface area contributed by atoms with E-state index in [0.717, 1.165) is 37.3 Å². The lowest BCUT2D eigenvalue weighted by Crippen LogP contribution is -2.20. The molecule has 0 saturated heterocycles. The molecule has 0 atom stereocenters. The van der Waals surface area contributed by atoms with Crippen molar-refractivity contribution in [3.05, 3.63) is 23.4 Å². The summed E-state index contributed by atoms with van der Waals surface area (Å²) in [5.74, 6) is 1.05. The highest BCUT2D eigenvalue weighted by Crippen LogP contribution is 2.15. The Balaban J connectivity index is 2.93. The molecular formula is C13H23N3. The maximum absolute atomic E-state index is 5.71. The Bertz CT molecular complexity index is 323. The van der Waals surface area contributed by atoms with E-state index in [2.05, 4.69) is 42.9 Å². The van der Waals surface area contributed by atoms with Crippen LogP contribution < -0.4 is 10.6 Å².